The highest BCUT2D eigenvalue weighted by Gasteiger charge is 2.34. The van der Waals surface area contributed by atoms with Gasteiger partial charge in [-0.15, -0.1) is 0 Å². The van der Waals surface area contributed by atoms with Crippen molar-refractivity contribution in [3.8, 4) is 0 Å². The second-order valence-electron chi connectivity index (χ2n) is 5.87. The second-order valence-corrected chi connectivity index (χ2v) is 5.87. The number of aliphatic carboxylic acids is 2. The maximum absolute atomic E-state index is 12.5. The SMILES string of the molecule is O=C(O)C(=C1CCC(=O)C1=C(C(=O)O)c1ccccc1)c1ccccc1. The summed E-state index contributed by atoms with van der Waals surface area (Å²) in [6, 6.07) is 16.7. The summed E-state index contributed by atoms with van der Waals surface area (Å²) in [5.74, 6) is -2.79. The van der Waals surface area contributed by atoms with Crippen molar-refractivity contribution in [2.45, 2.75) is 12.8 Å². The minimum atomic E-state index is -1.25. The van der Waals surface area contributed by atoms with Crippen LogP contribution in [-0.2, 0) is 14.4 Å². The van der Waals surface area contributed by atoms with E-state index in [-0.39, 0.29) is 40.9 Å². The number of Topliss-reactive ketones (excluding diaryl/α,β-unsaturated/α-hetero) is 1. The summed E-state index contributed by atoms with van der Waals surface area (Å²) in [6.45, 7) is 0. The van der Waals surface area contributed by atoms with E-state index in [2.05, 4.69) is 0 Å². The predicted molar refractivity (Wildman–Crippen MR) is 96.2 cm³/mol. The molecule has 5 nitrogen and oxygen atoms in total. The highest BCUT2D eigenvalue weighted by Crippen LogP contribution is 2.39. The van der Waals surface area contributed by atoms with Crippen LogP contribution in [0.25, 0.3) is 11.1 Å². The Morgan fingerprint density at radius 2 is 1.15 bits per heavy atom. The topological polar surface area (TPSA) is 91.7 Å². The van der Waals surface area contributed by atoms with Crippen LogP contribution in [0.4, 0.5) is 0 Å². The quantitative estimate of drug-likeness (QED) is 0.826. The number of carboxylic acids is 2. The zero-order valence-corrected chi connectivity index (χ0v) is 13.8. The van der Waals surface area contributed by atoms with E-state index in [0.29, 0.717) is 11.1 Å². The fraction of sp³-hybridized carbons (Fsp3) is 0.0952. The number of hydrogen-bond acceptors (Lipinski definition) is 3. The minimum Gasteiger partial charge on any atom is -0.478 e. The van der Waals surface area contributed by atoms with Gasteiger partial charge in [0.2, 0.25) is 0 Å². The molecule has 0 aliphatic heterocycles. The van der Waals surface area contributed by atoms with Crippen molar-refractivity contribution in [1.82, 2.24) is 0 Å². The first-order valence-electron chi connectivity index (χ1n) is 8.09. The van der Waals surface area contributed by atoms with Gasteiger partial charge < -0.3 is 10.2 Å². The van der Waals surface area contributed by atoms with Gasteiger partial charge in [-0.1, -0.05) is 60.7 Å². The van der Waals surface area contributed by atoms with Crippen LogP contribution in [0.1, 0.15) is 24.0 Å². The van der Waals surface area contributed by atoms with Crippen LogP contribution in [-0.4, -0.2) is 27.9 Å². The summed E-state index contributed by atoms with van der Waals surface area (Å²) in [5.41, 5.74) is 0.902. The molecule has 0 heterocycles. The van der Waals surface area contributed by atoms with E-state index >= 15 is 0 Å². The largest absolute Gasteiger partial charge is 0.478 e. The van der Waals surface area contributed by atoms with E-state index in [1.54, 1.807) is 60.7 Å². The lowest BCUT2D eigenvalue weighted by molar-refractivity contribution is -0.131. The van der Waals surface area contributed by atoms with Crippen LogP contribution in [0.2, 0.25) is 0 Å². The van der Waals surface area contributed by atoms with Crippen LogP contribution >= 0.6 is 0 Å². The summed E-state index contributed by atoms with van der Waals surface area (Å²) < 4.78 is 0. The van der Waals surface area contributed by atoms with Gasteiger partial charge in [0.1, 0.15) is 0 Å². The fourth-order valence-corrected chi connectivity index (χ4v) is 3.21. The van der Waals surface area contributed by atoms with E-state index in [1.807, 2.05) is 0 Å². The van der Waals surface area contributed by atoms with Gasteiger partial charge in [-0.3, -0.25) is 4.79 Å². The number of carboxylic acid groups (broad SMARTS) is 2. The highest BCUT2D eigenvalue weighted by molar-refractivity contribution is 6.29. The first kappa shape index (κ1) is 17.4. The van der Waals surface area contributed by atoms with Crippen molar-refractivity contribution in [2.24, 2.45) is 0 Å². The minimum absolute atomic E-state index is 0.00930. The van der Waals surface area contributed by atoms with Crippen molar-refractivity contribution in [2.75, 3.05) is 0 Å². The van der Waals surface area contributed by atoms with Crippen LogP contribution in [0.3, 0.4) is 0 Å². The molecule has 1 saturated carbocycles. The molecule has 0 unspecified atom stereocenters. The van der Waals surface area contributed by atoms with Gasteiger partial charge in [0.15, 0.2) is 5.78 Å². The average molecular weight is 348 g/mol. The molecule has 0 bridgehead atoms. The maximum atomic E-state index is 12.5. The molecule has 0 spiro atoms. The molecule has 0 amide bonds. The molecule has 1 aliphatic carbocycles. The molecule has 5 heteroatoms. The number of benzene rings is 2. The Morgan fingerprint density at radius 1 is 0.692 bits per heavy atom. The third kappa shape index (κ3) is 3.19. The lowest BCUT2D eigenvalue weighted by Gasteiger charge is -2.12. The summed E-state index contributed by atoms with van der Waals surface area (Å²) in [4.78, 5) is 36.4. The van der Waals surface area contributed by atoms with E-state index < -0.39 is 11.9 Å². The Morgan fingerprint density at radius 3 is 1.62 bits per heavy atom. The first-order chi connectivity index (χ1) is 12.5. The molecule has 26 heavy (non-hydrogen) atoms. The maximum Gasteiger partial charge on any atom is 0.337 e. The third-order valence-corrected chi connectivity index (χ3v) is 4.29. The van der Waals surface area contributed by atoms with E-state index in [1.165, 1.54) is 0 Å². The predicted octanol–water partition coefficient (Wildman–Crippen LogP) is 3.43. The van der Waals surface area contributed by atoms with Gasteiger partial charge >= 0.3 is 11.9 Å². The Kier molecular flexibility index (Phi) is 4.80. The lowest BCUT2D eigenvalue weighted by Crippen LogP contribution is -2.10. The fourth-order valence-electron chi connectivity index (χ4n) is 3.21. The van der Waals surface area contributed by atoms with Crippen LogP contribution in [0, 0.1) is 0 Å². The summed E-state index contributed by atoms with van der Waals surface area (Å²) in [6.07, 6.45) is 0.298. The van der Waals surface area contributed by atoms with Crippen LogP contribution < -0.4 is 0 Å². The molecule has 2 aromatic carbocycles. The van der Waals surface area contributed by atoms with Crippen molar-refractivity contribution in [3.05, 3.63) is 82.9 Å². The molecule has 0 radical (unpaired) electrons. The number of allylic oxidation sites excluding steroid dienone is 2. The lowest BCUT2D eigenvalue weighted by atomic mass is 9.90. The number of ketones is 1. The summed E-state index contributed by atoms with van der Waals surface area (Å²) in [5, 5.41) is 19.5. The van der Waals surface area contributed by atoms with Crippen molar-refractivity contribution in [1.29, 1.82) is 0 Å². The van der Waals surface area contributed by atoms with Crippen LogP contribution in [0.5, 0.6) is 0 Å². The number of hydrogen-bond donors (Lipinski definition) is 2. The molecule has 1 fully saturated rings. The highest BCUT2D eigenvalue weighted by atomic mass is 16.4. The van der Waals surface area contributed by atoms with Crippen molar-refractivity contribution < 1.29 is 24.6 Å². The van der Waals surface area contributed by atoms with Gasteiger partial charge in [0.25, 0.3) is 0 Å². The molecule has 130 valence electrons. The van der Waals surface area contributed by atoms with Crippen molar-refractivity contribution in [3.63, 3.8) is 0 Å². The van der Waals surface area contributed by atoms with E-state index in [0.717, 1.165) is 0 Å². The molecule has 1 aliphatic rings. The van der Waals surface area contributed by atoms with Gasteiger partial charge in [-0.2, -0.15) is 0 Å². The first-order valence-corrected chi connectivity index (χ1v) is 8.09. The molecule has 2 N–H and O–H groups in total. The van der Waals surface area contributed by atoms with Gasteiger partial charge in [-0.05, 0) is 23.1 Å². The molecular formula is C21H16O5. The van der Waals surface area contributed by atoms with Crippen molar-refractivity contribution >= 4 is 28.9 Å². The van der Waals surface area contributed by atoms with Gasteiger partial charge in [-0.25, -0.2) is 9.59 Å². The number of rotatable bonds is 4. The van der Waals surface area contributed by atoms with Gasteiger partial charge in [0, 0.05) is 12.0 Å². The van der Waals surface area contributed by atoms with Gasteiger partial charge in [0.05, 0.1) is 11.1 Å². The molecule has 0 saturated heterocycles. The Balaban J connectivity index is 2.35. The summed E-state index contributed by atoms with van der Waals surface area (Å²) in [7, 11) is 0. The molecule has 0 atom stereocenters. The summed E-state index contributed by atoms with van der Waals surface area (Å²) >= 11 is 0. The standard InChI is InChI=1S/C21H16O5/c22-16-12-11-15(17(20(23)24)13-7-3-1-4-8-13)19(16)18(21(25)26)14-9-5-2-6-10-14/h1-10H,11-12H2,(H,23,24)(H,25,26). The zero-order chi connectivity index (χ0) is 18.7. The second kappa shape index (κ2) is 7.19. The number of carbonyl (C=O) groups is 3. The molecule has 3 rings (SSSR count). The Bertz CT molecular complexity index is 937. The van der Waals surface area contributed by atoms with E-state index in [9.17, 15) is 24.6 Å². The molecular weight excluding hydrogens is 332 g/mol. The number of carbonyl (C=O) groups excluding carboxylic acids is 1. The zero-order valence-electron chi connectivity index (χ0n) is 13.8. The normalized spacial score (nSPS) is 17.8. The van der Waals surface area contributed by atoms with Crippen LogP contribution in [0.15, 0.2) is 71.8 Å². The molecule has 2 aromatic rings. The van der Waals surface area contributed by atoms with E-state index in [4.69, 9.17) is 0 Å². The third-order valence-electron chi connectivity index (χ3n) is 4.29. The molecule has 0 aromatic heterocycles. The Hall–Kier alpha value is -3.47. The monoisotopic (exact) mass is 348 g/mol. The average Bonchev–Trinajstić information content (AvgIpc) is 2.98. The Labute approximate surface area is 149 Å². The smallest absolute Gasteiger partial charge is 0.337 e.